The highest BCUT2D eigenvalue weighted by Crippen LogP contribution is 2.17. The largest absolute Gasteiger partial charge is 0.497 e. The molecule has 1 atom stereocenters. The smallest absolute Gasteiger partial charge is 0.220 e. The summed E-state index contributed by atoms with van der Waals surface area (Å²) >= 11 is 0. The van der Waals surface area contributed by atoms with Gasteiger partial charge in [-0.3, -0.25) is 4.79 Å². The summed E-state index contributed by atoms with van der Waals surface area (Å²) in [5.74, 6) is 0.910. The summed E-state index contributed by atoms with van der Waals surface area (Å²) in [7, 11) is 1.65. The van der Waals surface area contributed by atoms with Gasteiger partial charge in [0.2, 0.25) is 5.91 Å². The third-order valence-electron chi connectivity index (χ3n) is 4.21. The van der Waals surface area contributed by atoms with Crippen molar-refractivity contribution in [2.75, 3.05) is 7.11 Å². The Balaban J connectivity index is 1.86. The van der Waals surface area contributed by atoms with E-state index in [9.17, 15) is 4.79 Å². The molecule has 0 fully saturated rings. The number of ether oxygens (including phenoxy) is 1. The van der Waals surface area contributed by atoms with Crippen molar-refractivity contribution >= 4 is 5.91 Å². The van der Waals surface area contributed by atoms with Gasteiger partial charge < -0.3 is 10.1 Å². The van der Waals surface area contributed by atoms with E-state index in [0.29, 0.717) is 6.42 Å². The van der Waals surface area contributed by atoms with Crippen molar-refractivity contribution in [2.45, 2.75) is 39.7 Å². The van der Waals surface area contributed by atoms with Crippen LogP contribution >= 0.6 is 0 Å². The minimum atomic E-state index is 0.0256. The monoisotopic (exact) mass is 311 g/mol. The van der Waals surface area contributed by atoms with Gasteiger partial charge in [-0.1, -0.05) is 30.3 Å². The summed E-state index contributed by atoms with van der Waals surface area (Å²) in [5, 5.41) is 3.07. The number of nitrogens with one attached hydrogen (secondary N) is 1. The molecule has 3 nitrogen and oxygen atoms in total. The Hall–Kier alpha value is -2.29. The molecule has 0 heterocycles. The number of carbonyl (C=O) groups excluding carboxylic acids is 1. The molecule has 0 aliphatic rings. The highest BCUT2D eigenvalue weighted by atomic mass is 16.5. The molecular formula is C20H25NO2. The van der Waals surface area contributed by atoms with Gasteiger partial charge in [0, 0.05) is 6.42 Å². The summed E-state index contributed by atoms with van der Waals surface area (Å²) in [5.41, 5.74) is 4.80. The maximum atomic E-state index is 12.1. The average Bonchev–Trinajstić information content (AvgIpc) is 2.55. The standard InChI is InChI=1S/C20H25NO2/c1-14-5-9-18(13-15(14)2)16(3)21-20(22)12-8-17-6-10-19(23-4)11-7-17/h5-7,9-11,13,16H,8,12H2,1-4H3,(H,21,22)/t16-/m1/s1. The van der Waals surface area contributed by atoms with Crippen molar-refractivity contribution in [1.82, 2.24) is 5.32 Å². The molecule has 0 saturated carbocycles. The van der Waals surface area contributed by atoms with Gasteiger partial charge in [0.15, 0.2) is 0 Å². The molecule has 2 rings (SSSR count). The lowest BCUT2D eigenvalue weighted by Gasteiger charge is -2.16. The molecule has 0 bridgehead atoms. The van der Waals surface area contributed by atoms with Crippen LogP contribution in [0.25, 0.3) is 0 Å². The molecule has 0 aromatic heterocycles. The summed E-state index contributed by atoms with van der Waals surface area (Å²) in [6.07, 6.45) is 1.22. The summed E-state index contributed by atoms with van der Waals surface area (Å²) in [4.78, 5) is 12.1. The fourth-order valence-electron chi connectivity index (χ4n) is 2.48. The van der Waals surface area contributed by atoms with E-state index in [1.54, 1.807) is 7.11 Å². The van der Waals surface area contributed by atoms with Crippen LogP contribution in [0.2, 0.25) is 0 Å². The Labute approximate surface area is 138 Å². The first-order valence-corrected chi connectivity index (χ1v) is 7.99. The van der Waals surface area contributed by atoms with Gasteiger partial charge in [-0.15, -0.1) is 0 Å². The molecule has 0 spiro atoms. The third kappa shape index (κ3) is 4.85. The first kappa shape index (κ1) is 17.1. The van der Waals surface area contributed by atoms with Crippen molar-refractivity contribution in [3.63, 3.8) is 0 Å². The van der Waals surface area contributed by atoms with Gasteiger partial charge in [-0.2, -0.15) is 0 Å². The molecule has 2 aromatic rings. The number of rotatable bonds is 6. The number of benzene rings is 2. The molecule has 1 amide bonds. The molecular weight excluding hydrogens is 286 g/mol. The van der Waals surface area contributed by atoms with Crippen LogP contribution in [0.15, 0.2) is 42.5 Å². The third-order valence-corrected chi connectivity index (χ3v) is 4.21. The second-order valence-electron chi connectivity index (χ2n) is 5.98. The number of amides is 1. The maximum absolute atomic E-state index is 12.1. The SMILES string of the molecule is COc1ccc(CCC(=O)N[C@H](C)c2ccc(C)c(C)c2)cc1. The van der Waals surface area contributed by atoms with Gasteiger partial charge in [0.1, 0.15) is 5.75 Å². The summed E-state index contributed by atoms with van der Waals surface area (Å²) in [6, 6.07) is 14.2. The lowest BCUT2D eigenvalue weighted by molar-refractivity contribution is -0.121. The predicted molar refractivity (Wildman–Crippen MR) is 93.8 cm³/mol. The number of methoxy groups -OCH3 is 1. The van der Waals surface area contributed by atoms with Gasteiger partial charge in [0.25, 0.3) is 0 Å². The van der Waals surface area contributed by atoms with Crippen molar-refractivity contribution in [2.24, 2.45) is 0 Å². The van der Waals surface area contributed by atoms with E-state index in [-0.39, 0.29) is 11.9 Å². The quantitative estimate of drug-likeness (QED) is 0.871. The Bertz CT molecular complexity index is 662. The fourth-order valence-corrected chi connectivity index (χ4v) is 2.48. The van der Waals surface area contributed by atoms with Gasteiger partial charge >= 0.3 is 0 Å². The molecule has 0 radical (unpaired) electrons. The molecule has 0 saturated heterocycles. The molecule has 0 unspecified atom stereocenters. The summed E-state index contributed by atoms with van der Waals surface area (Å²) in [6.45, 7) is 6.21. The zero-order valence-corrected chi connectivity index (χ0v) is 14.3. The van der Waals surface area contributed by atoms with Crippen LogP contribution in [0.5, 0.6) is 5.75 Å². The molecule has 0 aliphatic heterocycles. The van der Waals surface area contributed by atoms with Gasteiger partial charge in [0.05, 0.1) is 13.2 Å². The van der Waals surface area contributed by atoms with Crippen LogP contribution in [-0.4, -0.2) is 13.0 Å². The number of hydrogen-bond donors (Lipinski definition) is 1. The van der Waals surface area contributed by atoms with Crippen molar-refractivity contribution in [3.8, 4) is 5.75 Å². The Morgan fingerprint density at radius 3 is 2.39 bits per heavy atom. The minimum absolute atomic E-state index is 0.0256. The van der Waals surface area contributed by atoms with E-state index in [4.69, 9.17) is 4.74 Å². The lowest BCUT2D eigenvalue weighted by atomic mass is 10.0. The molecule has 1 N–H and O–H groups in total. The van der Waals surface area contributed by atoms with Crippen LogP contribution in [0.1, 0.15) is 41.6 Å². The molecule has 122 valence electrons. The first-order chi connectivity index (χ1) is 11.0. The van der Waals surface area contributed by atoms with E-state index < -0.39 is 0 Å². The Morgan fingerprint density at radius 2 is 1.78 bits per heavy atom. The first-order valence-electron chi connectivity index (χ1n) is 7.99. The number of aryl methyl sites for hydroxylation is 3. The van der Waals surface area contributed by atoms with E-state index >= 15 is 0 Å². The Kier molecular flexibility index (Phi) is 5.80. The normalized spacial score (nSPS) is 11.8. The van der Waals surface area contributed by atoms with E-state index in [2.05, 4.69) is 37.4 Å². The van der Waals surface area contributed by atoms with Crippen LogP contribution < -0.4 is 10.1 Å². The van der Waals surface area contributed by atoms with Gasteiger partial charge in [-0.05, 0) is 61.6 Å². The van der Waals surface area contributed by atoms with Crippen molar-refractivity contribution in [3.05, 3.63) is 64.7 Å². The summed E-state index contributed by atoms with van der Waals surface area (Å²) < 4.78 is 5.14. The lowest BCUT2D eigenvalue weighted by Crippen LogP contribution is -2.26. The molecule has 3 heteroatoms. The number of carbonyl (C=O) groups is 1. The topological polar surface area (TPSA) is 38.3 Å². The second-order valence-corrected chi connectivity index (χ2v) is 5.98. The van der Waals surface area contributed by atoms with Crippen LogP contribution in [-0.2, 0) is 11.2 Å². The van der Waals surface area contributed by atoms with Crippen LogP contribution in [0.3, 0.4) is 0 Å². The highest BCUT2D eigenvalue weighted by Gasteiger charge is 2.10. The van der Waals surface area contributed by atoms with Crippen LogP contribution in [0, 0.1) is 13.8 Å². The predicted octanol–water partition coefficient (Wildman–Crippen LogP) is 4.12. The number of hydrogen-bond acceptors (Lipinski definition) is 2. The van der Waals surface area contributed by atoms with Crippen LogP contribution in [0.4, 0.5) is 0 Å². The molecule has 0 aliphatic carbocycles. The zero-order chi connectivity index (χ0) is 16.8. The van der Waals surface area contributed by atoms with Crippen molar-refractivity contribution < 1.29 is 9.53 Å². The van der Waals surface area contributed by atoms with Gasteiger partial charge in [-0.25, -0.2) is 0 Å². The van der Waals surface area contributed by atoms with E-state index in [0.717, 1.165) is 23.3 Å². The van der Waals surface area contributed by atoms with E-state index in [1.165, 1.54) is 11.1 Å². The average molecular weight is 311 g/mol. The zero-order valence-electron chi connectivity index (χ0n) is 14.3. The van der Waals surface area contributed by atoms with Crippen molar-refractivity contribution in [1.29, 1.82) is 0 Å². The minimum Gasteiger partial charge on any atom is -0.497 e. The van der Waals surface area contributed by atoms with E-state index in [1.807, 2.05) is 31.2 Å². The molecule has 2 aromatic carbocycles. The highest BCUT2D eigenvalue weighted by molar-refractivity contribution is 5.76. The Morgan fingerprint density at radius 1 is 1.09 bits per heavy atom. The second kappa shape index (κ2) is 7.82. The maximum Gasteiger partial charge on any atom is 0.220 e. The fraction of sp³-hybridized carbons (Fsp3) is 0.350. The molecule has 23 heavy (non-hydrogen) atoms.